The SMILES string of the molecule is CCCCSNC(CS)C(=O)O. The number of carbonyl (C=O) groups is 1. The van der Waals surface area contributed by atoms with Crippen molar-refractivity contribution in [2.45, 2.75) is 25.8 Å². The molecule has 0 saturated heterocycles. The zero-order valence-corrected chi connectivity index (χ0v) is 8.83. The van der Waals surface area contributed by atoms with Crippen LogP contribution in [0.2, 0.25) is 0 Å². The molecule has 0 spiro atoms. The largest absolute Gasteiger partial charge is 0.480 e. The van der Waals surface area contributed by atoms with Gasteiger partial charge in [0.05, 0.1) is 0 Å². The number of hydrogen-bond donors (Lipinski definition) is 3. The van der Waals surface area contributed by atoms with Crippen LogP contribution in [-0.2, 0) is 4.79 Å². The molecule has 12 heavy (non-hydrogen) atoms. The highest BCUT2D eigenvalue weighted by Crippen LogP contribution is 2.02. The maximum atomic E-state index is 10.5. The van der Waals surface area contributed by atoms with Crippen LogP contribution in [0.5, 0.6) is 0 Å². The van der Waals surface area contributed by atoms with Crippen molar-refractivity contribution in [2.75, 3.05) is 11.5 Å². The number of aliphatic carboxylic acids is 1. The molecule has 0 rings (SSSR count). The van der Waals surface area contributed by atoms with E-state index in [0.717, 1.165) is 18.6 Å². The number of unbranched alkanes of at least 4 members (excludes halogenated alkanes) is 1. The van der Waals surface area contributed by atoms with Gasteiger partial charge in [0, 0.05) is 11.5 Å². The van der Waals surface area contributed by atoms with Gasteiger partial charge in [-0.1, -0.05) is 25.3 Å². The first kappa shape index (κ1) is 12.1. The smallest absolute Gasteiger partial charge is 0.322 e. The molecule has 1 atom stereocenters. The summed E-state index contributed by atoms with van der Waals surface area (Å²) >= 11 is 5.38. The van der Waals surface area contributed by atoms with Crippen LogP contribution in [0.4, 0.5) is 0 Å². The molecule has 0 aromatic rings. The Labute approximate surface area is 82.8 Å². The summed E-state index contributed by atoms with van der Waals surface area (Å²) in [6.07, 6.45) is 2.24. The molecule has 0 aromatic heterocycles. The third-order valence-corrected chi connectivity index (χ3v) is 2.62. The zero-order chi connectivity index (χ0) is 9.40. The Morgan fingerprint density at radius 2 is 2.42 bits per heavy atom. The van der Waals surface area contributed by atoms with Crippen LogP contribution < -0.4 is 4.72 Å². The fourth-order valence-corrected chi connectivity index (χ4v) is 1.85. The molecule has 0 aliphatic carbocycles. The number of nitrogens with one attached hydrogen (secondary N) is 1. The topological polar surface area (TPSA) is 49.3 Å². The molecular weight excluding hydrogens is 194 g/mol. The summed E-state index contributed by atoms with van der Waals surface area (Å²) in [6, 6.07) is -0.532. The average Bonchev–Trinajstić information content (AvgIpc) is 2.04. The summed E-state index contributed by atoms with van der Waals surface area (Å²) in [6.45, 7) is 2.11. The second-order valence-electron chi connectivity index (χ2n) is 2.39. The standard InChI is InChI=1S/C7H15NO2S2/c1-2-3-4-12-8-6(5-11)7(9)10/h6,8,11H,2-5H2,1H3,(H,9,10). The van der Waals surface area contributed by atoms with Gasteiger partial charge >= 0.3 is 5.97 Å². The molecule has 2 N–H and O–H groups in total. The molecule has 0 heterocycles. The highest BCUT2D eigenvalue weighted by Gasteiger charge is 2.13. The summed E-state index contributed by atoms with van der Waals surface area (Å²) in [7, 11) is 0. The second-order valence-corrected chi connectivity index (χ2v) is 3.69. The van der Waals surface area contributed by atoms with Crippen molar-refractivity contribution < 1.29 is 9.90 Å². The highest BCUT2D eigenvalue weighted by molar-refractivity contribution is 7.97. The lowest BCUT2D eigenvalue weighted by atomic mass is 10.4. The fraction of sp³-hybridized carbons (Fsp3) is 0.857. The molecule has 0 amide bonds. The Morgan fingerprint density at radius 3 is 2.83 bits per heavy atom. The van der Waals surface area contributed by atoms with Gasteiger partial charge in [0.2, 0.25) is 0 Å². The van der Waals surface area contributed by atoms with Crippen molar-refractivity contribution in [2.24, 2.45) is 0 Å². The van der Waals surface area contributed by atoms with Crippen molar-refractivity contribution in [3.63, 3.8) is 0 Å². The van der Waals surface area contributed by atoms with Crippen LogP contribution in [0.15, 0.2) is 0 Å². The number of rotatable bonds is 7. The van der Waals surface area contributed by atoms with Crippen molar-refractivity contribution >= 4 is 30.5 Å². The van der Waals surface area contributed by atoms with Gasteiger partial charge in [0.15, 0.2) is 0 Å². The lowest BCUT2D eigenvalue weighted by Gasteiger charge is -2.09. The highest BCUT2D eigenvalue weighted by atomic mass is 32.2. The first-order chi connectivity index (χ1) is 5.72. The fourth-order valence-electron chi connectivity index (χ4n) is 0.542. The Morgan fingerprint density at radius 1 is 1.75 bits per heavy atom. The predicted molar refractivity (Wildman–Crippen MR) is 55.8 cm³/mol. The molecule has 0 fully saturated rings. The number of carboxylic acid groups (broad SMARTS) is 1. The minimum Gasteiger partial charge on any atom is -0.480 e. The minimum absolute atomic E-state index is 0.328. The van der Waals surface area contributed by atoms with Crippen LogP contribution in [-0.4, -0.2) is 28.6 Å². The van der Waals surface area contributed by atoms with Crippen LogP contribution in [0, 0.1) is 0 Å². The summed E-state index contributed by atoms with van der Waals surface area (Å²) in [5.74, 6) is 0.441. The molecule has 3 nitrogen and oxygen atoms in total. The lowest BCUT2D eigenvalue weighted by molar-refractivity contribution is -0.138. The molecule has 0 aromatic carbocycles. The summed E-state index contributed by atoms with van der Waals surface area (Å²) in [5, 5.41) is 8.61. The summed E-state index contributed by atoms with van der Waals surface area (Å²) in [5.41, 5.74) is 0. The van der Waals surface area contributed by atoms with Crippen LogP contribution in [0.25, 0.3) is 0 Å². The first-order valence-electron chi connectivity index (χ1n) is 3.93. The van der Waals surface area contributed by atoms with Gasteiger partial charge in [0.1, 0.15) is 6.04 Å². The van der Waals surface area contributed by atoms with Crippen molar-refractivity contribution in [1.82, 2.24) is 4.72 Å². The van der Waals surface area contributed by atoms with E-state index in [0.29, 0.717) is 5.75 Å². The molecule has 5 heteroatoms. The maximum Gasteiger partial charge on any atom is 0.322 e. The quantitative estimate of drug-likeness (QED) is 0.337. The van der Waals surface area contributed by atoms with Crippen molar-refractivity contribution in [3.8, 4) is 0 Å². The zero-order valence-electron chi connectivity index (χ0n) is 7.12. The molecular formula is C7H15NO2S2. The van der Waals surface area contributed by atoms with E-state index in [1.54, 1.807) is 0 Å². The maximum absolute atomic E-state index is 10.5. The van der Waals surface area contributed by atoms with E-state index < -0.39 is 12.0 Å². The Hall–Kier alpha value is 0.130. The summed E-state index contributed by atoms with van der Waals surface area (Å²) in [4.78, 5) is 10.5. The van der Waals surface area contributed by atoms with Gasteiger partial charge in [-0.25, -0.2) is 4.72 Å². The van der Waals surface area contributed by atoms with Crippen LogP contribution >= 0.6 is 24.6 Å². The van der Waals surface area contributed by atoms with Crippen LogP contribution in [0.1, 0.15) is 19.8 Å². The third-order valence-electron chi connectivity index (χ3n) is 1.31. The molecule has 0 saturated carbocycles. The Bertz CT molecular complexity index is 133. The number of thiol groups is 1. The number of carboxylic acids is 1. The van der Waals surface area contributed by atoms with Crippen molar-refractivity contribution in [3.05, 3.63) is 0 Å². The third kappa shape index (κ3) is 5.74. The second kappa shape index (κ2) is 7.76. The molecule has 0 aliphatic heterocycles. The molecule has 0 bridgehead atoms. The van der Waals surface area contributed by atoms with E-state index in [1.165, 1.54) is 11.9 Å². The summed E-state index contributed by atoms with van der Waals surface area (Å²) < 4.78 is 2.84. The monoisotopic (exact) mass is 209 g/mol. The normalized spacial score (nSPS) is 12.8. The van der Waals surface area contributed by atoms with E-state index in [9.17, 15) is 4.79 Å². The van der Waals surface area contributed by atoms with E-state index in [-0.39, 0.29) is 0 Å². The molecule has 1 unspecified atom stereocenters. The van der Waals surface area contributed by atoms with Gasteiger partial charge in [0.25, 0.3) is 0 Å². The van der Waals surface area contributed by atoms with Crippen molar-refractivity contribution in [1.29, 1.82) is 0 Å². The van der Waals surface area contributed by atoms with E-state index in [4.69, 9.17) is 5.11 Å². The predicted octanol–water partition coefficient (Wildman–Crippen LogP) is 1.41. The average molecular weight is 209 g/mol. The molecule has 72 valence electrons. The van der Waals surface area contributed by atoms with Gasteiger partial charge in [-0.3, -0.25) is 4.79 Å². The van der Waals surface area contributed by atoms with Gasteiger partial charge in [-0.2, -0.15) is 12.6 Å². The van der Waals surface area contributed by atoms with E-state index >= 15 is 0 Å². The first-order valence-corrected chi connectivity index (χ1v) is 5.55. The van der Waals surface area contributed by atoms with Gasteiger partial charge in [-0.15, -0.1) is 0 Å². The molecule has 0 radical (unpaired) electrons. The van der Waals surface area contributed by atoms with Crippen LogP contribution in [0.3, 0.4) is 0 Å². The Balaban J connectivity index is 3.38. The molecule has 0 aliphatic rings. The van der Waals surface area contributed by atoms with E-state index in [1.807, 2.05) is 0 Å². The number of hydrogen-bond acceptors (Lipinski definition) is 4. The van der Waals surface area contributed by atoms with Gasteiger partial charge < -0.3 is 5.11 Å². The minimum atomic E-state index is -0.839. The lowest BCUT2D eigenvalue weighted by Crippen LogP contribution is -2.34. The van der Waals surface area contributed by atoms with Gasteiger partial charge in [-0.05, 0) is 6.42 Å². The van der Waals surface area contributed by atoms with E-state index in [2.05, 4.69) is 24.3 Å². The Kier molecular flexibility index (Phi) is 7.85.